The monoisotopic (exact) mass is 271 g/mol. The molecule has 1 aromatic carbocycles. The number of aliphatic hydroxyl groups excluding tert-OH is 1. The van der Waals surface area contributed by atoms with E-state index in [2.05, 4.69) is 6.92 Å². The van der Waals surface area contributed by atoms with E-state index in [0.717, 1.165) is 28.3 Å². The van der Waals surface area contributed by atoms with E-state index in [0.29, 0.717) is 6.42 Å². The van der Waals surface area contributed by atoms with Gasteiger partial charge in [-0.15, -0.1) is 0 Å². The van der Waals surface area contributed by atoms with E-state index in [1.165, 1.54) is 0 Å². The second-order valence-electron chi connectivity index (χ2n) is 4.57. The summed E-state index contributed by atoms with van der Waals surface area (Å²) >= 11 is 6.17. The fourth-order valence-corrected chi connectivity index (χ4v) is 2.28. The molecule has 3 nitrogen and oxygen atoms in total. The van der Waals surface area contributed by atoms with E-state index < -0.39 is 6.10 Å². The van der Waals surface area contributed by atoms with Crippen LogP contribution in [-0.2, 0) is 0 Å². The molecular weight excluding hydrogens is 250 g/mol. The second kappa shape index (κ2) is 6.98. The summed E-state index contributed by atoms with van der Waals surface area (Å²) in [6.07, 6.45) is 1.05. The van der Waals surface area contributed by atoms with Crippen molar-refractivity contribution in [3.05, 3.63) is 28.3 Å². The molecule has 0 heterocycles. The zero-order chi connectivity index (χ0) is 13.7. The molecule has 102 valence electrons. The number of nitrogens with two attached hydrogens (primary N) is 1. The molecule has 0 saturated heterocycles. The van der Waals surface area contributed by atoms with Crippen LogP contribution in [-0.4, -0.2) is 24.9 Å². The van der Waals surface area contributed by atoms with Crippen LogP contribution in [0.3, 0.4) is 0 Å². The van der Waals surface area contributed by atoms with Gasteiger partial charge in [0, 0.05) is 11.6 Å². The van der Waals surface area contributed by atoms with Gasteiger partial charge < -0.3 is 15.6 Å². The van der Waals surface area contributed by atoms with Gasteiger partial charge >= 0.3 is 0 Å². The molecule has 0 aliphatic heterocycles. The lowest BCUT2D eigenvalue weighted by atomic mass is 9.89. The van der Waals surface area contributed by atoms with Crippen LogP contribution in [0.4, 0.5) is 0 Å². The SMILES string of the molecule is CCC(CC(O)CN)c1cc(Cl)c(C)cc1OC. The maximum atomic E-state index is 9.71. The fraction of sp³-hybridized carbons (Fsp3) is 0.571. The van der Waals surface area contributed by atoms with Crippen molar-refractivity contribution in [2.75, 3.05) is 13.7 Å². The van der Waals surface area contributed by atoms with Crippen LogP contribution in [0.5, 0.6) is 5.75 Å². The van der Waals surface area contributed by atoms with Crippen LogP contribution in [0, 0.1) is 6.92 Å². The number of ether oxygens (including phenoxy) is 1. The second-order valence-corrected chi connectivity index (χ2v) is 4.98. The quantitative estimate of drug-likeness (QED) is 0.836. The minimum atomic E-state index is -0.486. The molecule has 0 fully saturated rings. The van der Waals surface area contributed by atoms with Gasteiger partial charge in [-0.2, -0.15) is 0 Å². The summed E-state index contributed by atoms with van der Waals surface area (Å²) in [7, 11) is 1.65. The van der Waals surface area contributed by atoms with E-state index in [9.17, 15) is 5.11 Å². The Bertz CT molecular complexity index is 396. The average molecular weight is 272 g/mol. The standard InChI is InChI=1S/C14H22ClNO2/c1-4-10(6-11(17)8-16)12-7-13(15)9(2)5-14(12)18-3/h5,7,10-11,17H,4,6,8,16H2,1-3H3. The molecule has 2 atom stereocenters. The molecule has 1 aromatic rings. The minimum Gasteiger partial charge on any atom is -0.496 e. The highest BCUT2D eigenvalue weighted by atomic mass is 35.5. The van der Waals surface area contributed by atoms with Crippen LogP contribution in [0.25, 0.3) is 0 Å². The Balaban J connectivity index is 3.07. The summed E-state index contributed by atoms with van der Waals surface area (Å²) in [5.41, 5.74) is 7.51. The van der Waals surface area contributed by atoms with Crippen molar-refractivity contribution < 1.29 is 9.84 Å². The van der Waals surface area contributed by atoms with Gasteiger partial charge in [0.2, 0.25) is 0 Å². The van der Waals surface area contributed by atoms with Crippen LogP contribution in [0.2, 0.25) is 5.02 Å². The fourth-order valence-electron chi connectivity index (χ4n) is 2.10. The molecule has 18 heavy (non-hydrogen) atoms. The molecular formula is C14H22ClNO2. The third kappa shape index (κ3) is 3.61. The number of aliphatic hydroxyl groups is 1. The number of hydrogen-bond donors (Lipinski definition) is 2. The van der Waals surface area contributed by atoms with Gasteiger partial charge in [-0.1, -0.05) is 18.5 Å². The van der Waals surface area contributed by atoms with E-state index >= 15 is 0 Å². The lowest BCUT2D eigenvalue weighted by Crippen LogP contribution is -2.22. The summed E-state index contributed by atoms with van der Waals surface area (Å²) in [4.78, 5) is 0. The third-order valence-corrected chi connectivity index (χ3v) is 3.68. The molecule has 0 amide bonds. The smallest absolute Gasteiger partial charge is 0.122 e. The largest absolute Gasteiger partial charge is 0.496 e. The first-order valence-corrected chi connectivity index (χ1v) is 6.63. The highest BCUT2D eigenvalue weighted by Crippen LogP contribution is 2.35. The molecule has 0 aromatic heterocycles. The number of rotatable bonds is 6. The highest BCUT2D eigenvalue weighted by Gasteiger charge is 2.19. The first-order valence-electron chi connectivity index (χ1n) is 6.25. The summed E-state index contributed by atoms with van der Waals surface area (Å²) in [5.74, 6) is 1.03. The Kier molecular flexibility index (Phi) is 5.93. The Morgan fingerprint density at radius 1 is 1.44 bits per heavy atom. The third-order valence-electron chi connectivity index (χ3n) is 3.27. The predicted octanol–water partition coefficient (Wildman–Crippen LogP) is 2.86. The van der Waals surface area contributed by atoms with Crippen molar-refractivity contribution >= 4 is 11.6 Å². The highest BCUT2D eigenvalue weighted by molar-refractivity contribution is 6.31. The average Bonchev–Trinajstić information content (AvgIpc) is 2.38. The van der Waals surface area contributed by atoms with Crippen LogP contribution >= 0.6 is 11.6 Å². The molecule has 1 rings (SSSR count). The van der Waals surface area contributed by atoms with Gasteiger partial charge in [-0.3, -0.25) is 0 Å². The number of aryl methyl sites for hydroxylation is 1. The normalized spacial score (nSPS) is 14.3. The van der Waals surface area contributed by atoms with E-state index in [4.69, 9.17) is 22.1 Å². The topological polar surface area (TPSA) is 55.5 Å². The van der Waals surface area contributed by atoms with Gasteiger partial charge in [-0.25, -0.2) is 0 Å². The maximum Gasteiger partial charge on any atom is 0.122 e. The first kappa shape index (κ1) is 15.3. The van der Waals surface area contributed by atoms with Gasteiger partial charge in [0.05, 0.1) is 13.2 Å². The molecule has 0 bridgehead atoms. The molecule has 0 aliphatic rings. The predicted molar refractivity (Wildman–Crippen MR) is 75.5 cm³/mol. The Labute approximate surface area is 114 Å². The summed E-state index contributed by atoms with van der Waals surface area (Å²) in [6.45, 7) is 4.31. The molecule has 0 radical (unpaired) electrons. The Morgan fingerprint density at radius 3 is 2.61 bits per heavy atom. The lowest BCUT2D eigenvalue weighted by Gasteiger charge is -2.21. The van der Waals surface area contributed by atoms with Crippen molar-refractivity contribution in [3.63, 3.8) is 0 Å². The van der Waals surface area contributed by atoms with Crippen LogP contribution in [0.1, 0.15) is 36.8 Å². The number of methoxy groups -OCH3 is 1. The van der Waals surface area contributed by atoms with Crippen LogP contribution < -0.4 is 10.5 Å². The van der Waals surface area contributed by atoms with E-state index in [1.54, 1.807) is 7.11 Å². The summed E-state index contributed by atoms with van der Waals surface area (Å²) in [5, 5.41) is 10.4. The lowest BCUT2D eigenvalue weighted by molar-refractivity contribution is 0.161. The summed E-state index contributed by atoms with van der Waals surface area (Å²) in [6, 6.07) is 3.88. The number of benzene rings is 1. The van der Waals surface area contributed by atoms with Crippen molar-refractivity contribution in [1.82, 2.24) is 0 Å². The van der Waals surface area contributed by atoms with Gasteiger partial charge in [0.15, 0.2) is 0 Å². The molecule has 3 N–H and O–H groups in total. The first-order chi connectivity index (χ1) is 8.53. The van der Waals surface area contributed by atoms with Crippen molar-refractivity contribution in [2.24, 2.45) is 5.73 Å². The maximum absolute atomic E-state index is 9.71. The van der Waals surface area contributed by atoms with E-state index in [1.807, 2.05) is 19.1 Å². The van der Waals surface area contributed by atoms with Gasteiger partial charge in [-0.05, 0) is 48.9 Å². The minimum absolute atomic E-state index is 0.205. The molecule has 0 saturated carbocycles. The number of halogens is 1. The molecule has 4 heteroatoms. The van der Waals surface area contributed by atoms with Crippen molar-refractivity contribution in [1.29, 1.82) is 0 Å². The molecule has 2 unspecified atom stereocenters. The van der Waals surface area contributed by atoms with Crippen LogP contribution in [0.15, 0.2) is 12.1 Å². The zero-order valence-electron chi connectivity index (χ0n) is 11.2. The van der Waals surface area contributed by atoms with Crippen molar-refractivity contribution in [3.8, 4) is 5.75 Å². The zero-order valence-corrected chi connectivity index (χ0v) is 12.0. The Morgan fingerprint density at radius 2 is 2.11 bits per heavy atom. The molecule has 0 spiro atoms. The Hall–Kier alpha value is -0.770. The molecule has 0 aliphatic carbocycles. The van der Waals surface area contributed by atoms with Crippen molar-refractivity contribution in [2.45, 2.75) is 38.7 Å². The number of hydrogen-bond acceptors (Lipinski definition) is 3. The van der Waals surface area contributed by atoms with Gasteiger partial charge in [0.25, 0.3) is 0 Å². The summed E-state index contributed by atoms with van der Waals surface area (Å²) < 4.78 is 5.41. The van der Waals surface area contributed by atoms with E-state index in [-0.39, 0.29) is 12.5 Å². The van der Waals surface area contributed by atoms with Gasteiger partial charge in [0.1, 0.15) is 5.75 Å².